The molecular formula is C17H18F5N2O3. The van der Waals surface area contributed by atoms with Gasteiger partial charge in [0.25, 0.3) is 0 Å². The largest absolute Gasteiger partial charge is 0.444 e. The molecule has 1 amide bonds. The number of hydrogen-bond donors (Lipinski definition) is 0. The van der Waals surface area contributed by atoms with Gasteiger partial charge >= 0.3 is 6.09 Å². The lowest BCUT2D eigenvalue weighted by Gasteiger charge is -2.34. The Morgan fingerprint density at radius 3 is 2.00 bits per heavy atom. The van der Waals surface area contributed by atoms with Crippen LogP contribution >= 0.6 is 0 Å². The highest BCUT2D eigenvalue weighted by Gasteiger charge is 2.27. The van der Waals surface area contributed by atoms with Crippen LogP contribution in [0.25, 0.3) is 0 Å². The maximum Gasteiger partial charge on any atom is 0.410 e. The highest BCUT2D eigenvalue weighted by Crippen LogP contribution is 2.23. The average Bonchev–Trinajstić information content (AvgIpc) is 2.68. The summed E-state index contributed by atoms with van der Waals surface area (Å²) >= 11 is 0. The maximum absolute atomic E-state index is 13.6. The molecule has 0 unspecified atom stereocenters. The predicted octanol–water partition coefficient (Wildman–Crippen LogP) is 2.92. The lowest BCUT2D eigenvalue weighted by Crippen LogP contribution is -2.49. The molecule has 149 valence electrons. The van der Waals surface area contributed by atoms with Crippen molar-refractivity contribution in [3.63, 3.8) is 0 Å². The average molecular weight is 393 g/mol. The van der Waals surface area contributed by atoms with E-state index in [1.165, 1.54) is 4.90 Å². The van der Waals surface area contributed by atoms with Crippen molar-refractivity contribution in [3.8, 4) is 0 Å². The third kappa shape index (κ3) is 5.15. The number of benzene rings is 1. The molecule has 1 saturated heterocycles. The van der Waals surface area contributed by atoms with Crippen LogP contribution in [0.4, 0.5) is 26.7 Å². The van der Waals surface area contributed by atoms with Gasteiger partial charge in [0.1, 0.15) is 6.61 Å². The lowest BCUT2D eigenvalue weighted by atomic mass is 10.2. The van der Waals surface area contributed by atoms with Crippen LogP contribution in [0.3, 0.4) is 0 Å². The molecule has 1 aliphatic rings. The van der Waals surface area contributed by atoms with E-state index >= 15 is 0 Å². The number of unbranched alkanes of at least 4 members (excludes halogenated alkanes) is 2. The first-order valence-electron chi connectivity index (χ1n) is 8.36. The van der Waals surface area contributed by atoms with Gasteiger partial charge in [-0.15, -0.1) is 0 Å². The molecule has 1 heterocycles. The van der Waals surface area contributed by atoms with Gasteiger partial charge in [-0.05, 0) is 19.4 Å². The van der Waals surface area contributed by atoms with Crippen LogP contribution in [0.15, 0.2) is 0 Å². The summed E-state index contributed by atoms with van der Waals surface area (Å²) in [6.45, 7) is 1.39. The van der Waals surface area contributed by atoms with Crippen LogP contribution in [0.5, 0.6) is 0 Å². The summed E-state index contributed by atoms with van der Waals surface area (Å²) in [5.41, 5.74) is -1.19. The van der Waals surface area contributed by atoms with Gasteiger partial charge in [-0.2, -0.15) is 0 Å². The van der Waals surface area contributed by atoms with E-state index in [4.69, 9.17) is 4.74 Å². The fourth-order valence-electron chi connectivity index (χ4n) is 2.69. The van der Waals surface area contributed by atoms with E-state index < -0.39 is 47.3 Å². The van der Waals surface area contributed by atoms with E-state index in [0.29, 0.717) is 32.6 Å². The highest BCUT2D eigenvalue weighted by atomic mass is 19.2. The molecule has 1 aliphatic heterocycles. The van der Waals surface area contributed by atoms with Crippen molar-refractivity contribution in [2.45, 2.75) is 25.9 Å². The van der Waals surface area contributed by atoms with Gasteiger partial charge in [0.05, 0.1) is 5.56 Å². The molecule has 0 atom stereocenters. The Balaban J connectivity index is 1.85. The number of hydrogen-bond acceptors (Lipinski definition) is 4. The summed E-state index contributed by atoms with van der Waals surface area (Å²) in [5, 5.41) is 0. The number of halogens is 5. The quantitative estimate of drug-likeness (QED) is 0.309. The first-order chi connectivity index (χ1) is 12.9. The molecule has 1 aromatic rings. The molecule has 0 saturated carbocycles. The summed E-state index contributed by atoms with van der Waals surface area (Å²) in [7, 11) is 0. The zero-order chi connectivity index (χ0) is 20.0. The number of ether oxygens (including phenoxy) is 1. The van der Waals surface area contributed by atoms with Gasteiger partial charge in [-0.25, -0.2) is 26.7 Å². The van der Waals surface area contributed by atoms with E-state index in [-0.39, 0.29) is 0 Å². The van der Waals surface area contributed by atoms with Gasteiger partial charge in [-0.1, -0.05) is 0 Å². The number of amides is 1. The molecular weight excluding hydrogens is 375 g/mol. The molecule has 0 aromatic heterocycles. The smallest absolute Gasteiger partial charge is 0.410 e. The minimum absolute atomic E-state index is 0.301. The number of carbonyl (C=O) groups is 1. The second kappa shape index (κ2) is 9.63. The number of carbonyl (C=O) groups excluding carboxylic acids is 2. The molecule has 2 rings (SSSR count). The zero-order valence-electron chi connectivity index (χ0n) is 14.4. The summed E-state index contributed by atoms with van der Waals surface area (Å²) in [4.78, 5) is 25.5. The Morgan fingerprint density at radius 2 is 1.44 bits per heavy atom. The summed E-state index contributed by atoms with van der Waals surface area (Å²) in [6.07, 6.45) is 2.85. The summed E-state index contributed by atoms with van der Waals surface area (Å²) < 4.78 is 71.1. The zero-order valence-corrected chi connectivity index (χ0v) is 14.4. The highest BCUT2D eigenvalue weighted by molar-refractivity contribution is 5.67. The van der Waals surface area contributed by atoms with Crippen molar-refractivity contribution in [1.29, 1.82) is 0 Å². The predicted molar refractivity (Wildman–Crippen MR) is 84.0 cm³/mol. The van der Waals surface area contributed by atoms with Crippen molar-refractivity contribution < 1.29 is 36.3 Å². The van der Waals surface area contributed by atoms with E-state index in [9.17, 15) is 31.5 Å². The topological polar surface area (TPSA) is 49.9 Å². The Hall–Kier alpha value is -2.23. The van der Waals surface area contributed by atoms with Crippen molar-refractivity contribution in [1.82, 2.24) is 9.80 Å². The molecule has 1 aromatic carbocycles. The van der Waals surface area contributed by atoms with Crippen LogP contribution in [0.2, 0.25) is 0 Å². The normalized spacial score (nSPS) is 15.1. The molecule has 0 bridgehead atoms. The van der Waals surface area contributed by atoms with Crippen molar-refractivity contribution in [2.24, 2.45) is 0 Å². The van der Waals surface area contributed by atoms with E-state index in [0.717, 1.165) is 19.4 Å². The minimum atomic E-state index is -2.26. The Bertz CT molecular complexity index is 665. The van der Waals surface area contributed by atoms with E-state index in [2.05, 4.69) is 4.90 Å². The number of nitrogens with zero attached hydrogens (tertiary/aromatic N) is 2. The standard InChI is InChI=1S/C17H18F5N2O3/c18-12-11(13(19)15(21)16(22)14(12)20)10-27-17(26)24-7-5-23(6-8-24)4-2-1-3-9-25/h1-8,10H2. The van der Waals surface area contributed by atoms with Crippen LogP contribution in [-0.4, -0.2) is 54.9 Å². The van der Waals surface area contributed by atoms with Crippen molar-refractivity contribution >= 4 is 12.4 Å². The SMILES string of the molecule is O=[C]CCCCN1CCN(C(=O)OCc2c(F)c(F)c(F)c(F)c2F)CC1. The van der Waals surface area contributed by atoms with Gasteiger partial charge < -0.3 is 9.64 Å². The Labute approximate surface area is 152 Å². The monoisotopic (exact) mass is 393 g/mol. The fourth-order valence-corrected chi connectivity index (χ4v) is 2.69. The number of piperazine rings is 1. The third-order valence-electron chi connectivity index (χ3n) is 4.27. The summed E-state index contributed by atoms with van der Waals surface area (Å²) in [5.74, 6) is -10.5. The fraction of sp³-hybridized carbons (Fsp3) is 0.529. The Morgan fingerprint density at radius 1 is 0.889 bits per heavy atom. The first-order valence-corrected chi connectivity index (χ1v) is 8.36. The molecule has 0 N–H and O–H groups in total. The number of rotatable bonds is 7. The second-order valence-electron chi connectivity index (χ2n) is 6.03. The first kappa shape index (κ1) is 21.1. The van der Waals surface area contributed by atoms with Crippen molar-refractivity contribution in [3.05, 3.63) is 34.6 Å². The lowest BCUT2D eigenvalue weighted by molar-refractivity contribution is 0.0696. The van der Waals surface area contributed by atoms with Crippen LogP contribution < -0.4 is 0 Å². The molecule has 1 fully saturated rings. The van der Waals surface area contributed by atoms with Crippen LogP contribution in [0, 0.1) is 29.1 Å². The second-order valence-corrected chi connectivity index (χ2v) is 6.03. The molecule has 10 heteroatoms. The van der Waals surface area contributed by atoms with Crippen LogP contribution in [0.1, 0.15) is 24.8 Å². The van der Waals surface area contributed by atoms with E-state index in [1.807, 2.05) is 6.29 Å². The van der Waals surface area contributed by atoms with Gasteiger partial charge in [0.2, 0.25) is 5.82 Å². The third-order valence-corrected chi connectivity index (χ3v) is 4.27. The van der Waals surface area contributed by atoms with Crippen LogP contribution in [-0.2, 0) is 16.1 Å². The van der Waals surface area contributed by atoms with Gasteiger partial charge in [-0.3, -0.25) is 9.69 Å². The molecule has 0 aliphatic carbocycles. The molecule has 1 radical (unpaired) electrons. The van der Waals surface area contributed by atoms with E-state index in [1.54, 1.807) is 0 Å². The Kier molecular flexibility index (Phi) is 7.52. The van der Waals surface area contributed by atoms with Gasteiger partial charge in [0, 0.05) is 32.6 Å². The van der Waals surface area contributed by atoms with Gasteiger partial charge in [0.15, 0.2) is 29.6 Å². The molecule has 0 spiro atoms. The molecule has 27 heavy (non-hydrogen) atoms. The summed E-state index contributed by atoms with van der Waals surface area (Å²) in [6, 6.07) is 0. The molecule has 5 nitrogen and oxygen atoms in total. The minimum Gasteiger partial charge on any atom is -0.444 e. The van der Waals surface area contributed by atoms with Crippen molar-refractivity contribution in [2.75, 3.05) is 32.7 Å². The maximum atomic E-state index is 13.6.